The average molecular weight is 436 g/mol. The predicted octanol–water partition coefficient (Wildman–Crippen LogP) is 3.95. The number of halogens is 1. The van der Waals surface area contributed by atoms with Crippen LogP contribution in [0.25, 0.3) is 0 Å². The summed E-state index contributed by atoms with van der Waals surface area (Å²) in [5, 5.41) is 6.92. The van der Waals surface area contributed by atoms with Crippen molar-refractivity contribution in [3.8, 4) is 0 Å². The van der Waals surface area contributed by atoms with E-state index in [0.717, 1.165) is 30.7 Å². The van der Waals surface area contributed by atoms with Gasteiger partial charge < -0.3 is 10.6 Å². The van der Waals surface area contributed by atoms with Crippen molar-refractivity contribution in [2.45, 2.75) is 53.0 Å². The second-order valence-corrected chi connectivity index (χ2v) is 7.53. The molecular weight excluding hydrogens is 407 g/mol. The highest BCUT2D eigenvalue weighted by Gasteiger charge is 2.37. The SMILES string of the molecule is CN=C(NCc1scnc1C)NCC1(CC(C)C)CCC1.I. The van der Waals surface area contributed by atoms with Crippen LogP contribution in [0.1, 0.15) is 50.1 Å². The lowest BCUT2D eigenvalue weighted by molar-refractivity contribution is 0.104. The third-order valence-electron chi connectivity index (χ3n) is 4.37. The fraction of sp³-hybridized carbons (Fsp3) is 0.750. The van der Waals surface area contributed by atoms with Gasteiger partial charge in [-0.3, -0.25) is 4.99 Å². The van der Waals surface area contributed by atoms with Gasteiger partial charge in [-0.2, -0.15) is 0 Å². The Morgan fingerprint density at radius 3 is 2.59 bits per heavy atom. The monoisotopic (exact) mass is 436 g/mol. The van der Waals surface area contributed by atoms with E-state index in [1.54, 1.807) is 11.3 Å². The van der Waals surface area contributed by atoms with Gasteiger partial charge in [0, 0.05) is 18.5 Å². The quantitative estimate of drug-likeness (QED) is 0.403. The number of aromatic nitrogens is 1. The molecule has 0 aromatic carbocycles. The van der Waals surface area contributed by atoms with Gasteiger partial charge in [0.05, 0.1) is 17.7 Å². The summed E-state index contributed by atoms with van der Waals surface area (Å²) >= 11 is 1.69. The predicted molar refractivity (Wildman–Crippen MR) is 106 cm³/mol. The number of thiazole rings is 1. The van der Waals surface area contributed by atoms with Gasteiger partial charge in [-0.1, -0.05) is 20.3 Å². The van der Waals surface area contributed by atoms with Crippen LogP contribution < -0.4 is 10.6 Å². The zero-order valence-electron chi connectivity index (χ0n) is 14.1. The zero-order chi connectivity index (χ0) is 15.3. The van der Waals surface area contributed by atoms with Crippen LogP contribution in [0.4, 0.5) is 0 Å². The summed E-state index contributed by atoms with van der Waals surface area (Å²) in [5.41, 5.74) is 3.50. The van der Waals surface area contributed by atoms with Gasteiger partial charge in [-0.25, -0.2) is 4.98 Å². The molecule has 1 fully saturated rings. The molecular formula is C16H29IN4S. The van der Waals surface area contributed by atoms with Crippen molar-refractivity contribution in [3.05, 3.63) is 16.1 Å². The van der Waals surface area contributed by atoms with E-state index < -0.39 is 0 Å². The van der Waals surface area contributed by atoms with Gasteiger partial charge in [0.1, 0.15) is 0 Å². The third-order valence-corrected chi connectivity index (χ3v) is 5.31. The van der Waals surface area contributed by atoms with E-state index >= 15 is 0 Å². The fourth-order valence-electron chi connectivity index (χ4n) is 3.15. The number of nitrogens with zero attached hydrogens (tertiary/aromatic N) is 2. The maximum atomic E-state index is 4.34. The van der Waals surface area contributed by atoms with E-state index in [-0.39, 0.29) is 24.0 Å². The first-order valence-corrected chi connectivity index (χ1v) is 8.76. The Bertz CT molecular complexity index is 480. The van der Waals surface area contributed by atoms with Crippen molar-refractivity contribution < 1.29 is 0 Å². The molecule has 0 atom stereocenters. The second-order valence-electron chi connectivity index (χ2n) is 6.59. The Balaban J connectivity index is 0.00000242. The molecule has 1 aromatic rings. The first kappa shape index (κ1) is 19.7. The lowest BCUT2D eigenvalue weighted by Crippen LogP contribution is -2.46. The minimum Gasteiger partial charge on any atom is -0.356 e. The first-order valence-electron chi connectivity index (χ1n) is 7.88. The van der Waals surface area contributed by atoms with E-state index in [1.165, 1.54) is 30.6 Å². The molecule has 1 aromatic heterocycles. The summed E-state index contributed by atoms with van der Waals surface area (Å²) in [6.07, 6.45) is 5.39. The molecule has 0 saturated heterocycles. The first-order chi connectivity index (χ1) is 10.0. The smallest absolute Gasteiger partial charge is 0.191 e. The number of hydrogen-bond donors (Lipinski definition) is 2. The molecule has 6 heteroatoms. The van der Waals surface area contributed by atoms with Crippen LogP contribution in [0, 0.1) is 18.3 Å². The largest absolute Gasteiger partial charge is 0.356 e. The third kappa shape index (κ3) is 5.37. The lowest BCUT2D eigenvalue weighted by atomic mass is 9.64. The van der Waals surface area contributed by atoms with Gasteiger partial charge in [0.15, 0.2) is 5.96 Å². The van der Waals surface area contributed by atoms with Gasteiger partial charge in [-0.05, 0) is 37.5 Å². The average Bonchev–Trinajstić information content (AvgIpc) is 2.80. The molecule has 2 N–H and O–H groups in total. The Morgan fingerprint density at radius 2 is 2.14 bits per heavy atom. The Hall–Kier alpha value is -0.370. The molecule has 0 bridgehead atoms. The van der Waals surface area contributed by atoms with Gasteiger partial charge in [0.25, 0.3) is 0 Å². The minimum atomic E-state index is 0. The van der Waals surface area contributed by atoms with E-state index in [4.69, 9.17) is 0 Å². The second kappa shape index (κ2) is 9.05. The van der Waals surface area contributed by atoms with Crippen molar-refractivity contribution in [1.29, 1.82) is 0 Å². The van der Waals surface area contributed by atoms with Crippen LogP contribution in [0.3, 0.4) is 0 Å². The molecule has 4 nitrogen and oxygen atoms in total. The van der Waals surface area contributed by atoms with Crippen LogP contribution in [0.15, 0.2) is 10.5 Å². The summed E-state index contributed by atoms with van der Waals surface area (Å²) in [6, 6.07) is 0. The molecule has 1 saturated carbocycles. The van der Waals surface area contributed by atoms with Gasteiger partial charge in [0.2, 0.25) is 0 Å². The van der Waals surface area contributed by atoms with Gasteiger partial charge in [-0.15, -0.1) is 35.3 Å². The number of rotatable bonds is 6. The van der Waals surface area contributed by atoms with Crippen molar-refractivity contribution in [3.63, 3.8) is 0 Å². The summed E-state index contributed by atoms with van der Waals surface area (Å²) in [6.45, 7) is 8.52. The normalized spacial score (nSPS) is 16.9. The molecule has 0 aliphatic heterocycles. The molecule has 0 amide bonds. The van der Waals surface area contributed by atoms with Crippen LogP contribution in [-0.4, -0.2) is 24.5 Å². The molecule has 1 aliphatic rings. The standard InChI is InChI=1S/C16H28N4S.HI/c1-12(2)8-16(6-5-7-16)10-19-15(17-4)18-9-14-13(3)20-11-21-14;/h11-12H,5-10H2,1-4H3,(H2,17,18,19);1H. The highest BCUT2D eigenvalue weighted by atomic mass is 127. The number of guanidine groups is 1. The van der Waals surface area contributed by atoms with Crippen molar-refractivity contribution in [1.82, 2.24) is 15.6 Å². The molecule has 1 aliphatic carbocycles. The van der Waals surface area contributed by atoms with E-state index in [2.05, 4.69) is 41.4 Å². The molecule has 0 radical (unpaired) electrons. The van der Waals surface area contributed by atoms with Crippen LogP contribution >= 0.6 is 35.3 Å². The summed E-state index contributed by atoms with van der Waals surface area (Å²) in [4.78, 5) is 9.89. The highest BCUT2D eigenvalue weighted by molar-refractivity contribution is 14.0. The Morgan fingerprint density at radius 1 is 1.41 bits per heavy atom. The van der Waals surface area contributed by atoms with E-state index in [1.807, 2.05) is 12.6 Å². The molecule has 0 spiro atoms. The maximum absolute atomic E-state index is 4.34. The van der Waals surface area contributed by atoms with E-state index in [0.29, 0.717) is 5.41 Å². The topological polar surface area (TPSA) is 49.3 Å². The molecule has 22 heavy (non-hydrogen) atoms. The molecule has 2 rings (SSSR count). The Kier molecular flexibility index (Phi) is 8.10. The minimum absolute atomic E-state index is 0. The summed E-state index contributed by atoms with van der Waals surface area (Å²) < 4.78 is 0. The number of nitrogens with one attached hydrogen (secondary N) is 2. The lowest BCUT2D eigenvalue weighted by Gasteiger charge is -2.43. The summed E-state index contributed by atoms with van der Waals surface area (Å²) in [5.74, 6) is 1.67. The highest BCUT2D eigenvalue weighted by Crippen LogP contribution is 2.45. The van der Waals surface area contributed by atoms with Crippen LogP contribution in [0.2, 0.25) is 0 Å². The molecule has 126 valence electrons. The zero-order valence-corrected chi connectivity index (χ0v) is 17.3. The summed E-state index contributed by atoms with van der Waals surface area (Å²) in [7, 11) is 1.84. The fourth-order valence-corrected chi connectivity index (χ4v) is 3.86. The van der Waals surface area contributed by atoms with Gasteiger partial charge >= 0.3 is 0 Å². The number of aliphatic imine (C=N–C) groups is 1. The number of hydrogen-bond acceptors (Lipinski definition) is 3. The molecule has 1 heterocycles. The van der Waals surface area contributed by atoms with Crippen molar-refractivity contribution in [2.24, 2.45) is 16.3 Å². The van der Waals surface area contributed by atoms with Crippen LogP contribution in [-0.2, 0) is 6.54 Å². The molecule has 0 unspecified atom stereocenters. The van der Waals surface area contributed by atoms with Crippen LogP contribution in [0.5, 0.6) is 0 Å². The van der Waals surface area contributed by atoms with E-state index in [9.17, 15) is 0 Å². The Labute approximate surface area is 155 Å². The maximum Gasteiger partial charge on any atom is 0.191 e. The van der Waals surface area contributed by atoms with Crippen molar-refractivity contribution >= 4 is 41.3 Å². The van der Waals surface area contributed by atoms with Crippen molar-refractivity contribution in [2.75, 3.05) is 13.6 Å². The number of aryl methyl sites for hydroxylation is 1.